The van der Waals surface area contributed by atoms with Crippen LogP contribution in [0.4, 0.5) is 11.4 Å². The zero-order valence-corrected chi connectivity index (χ0v) is 20.0. The van der Waals surface area contributed by atoms with Gasteiger partial charge in [0, 0.05) is 11.6 Å². The third-order valence-electron chi connectivity index (χ3n) is 6.59. The van der Waals surface area contributed by atoms with Crippen LogP contribution < -0.4 is 14.8 Å². The molecule has 0 amide bonds. The van der Waals surface area contributed by atoms with E-state index < -0.39 is 16.0 Å². The zero-order valence-electron chi connectivity index (χ0n) is 19.1. The van der Waals surface area contributed by atoms with E-state index in [-0.39, 0.29) is 28.3 Å². The summed E-state index contributed by atoms with van der Waals surface area (Å²) < 4.78 is 34.7. The molecule has 3 aromatic carbocycles. The lowest BCUT2D eigenvalue weighted by Crippen LogP contribution is -2.29. The molecule has 1 aliphatic carbocycles. The first kappa shape index (κ1) is 23.0. The smallest absolute Gasteiger partial charge is 0.335 e. The molecule has 180 valence electrons. The number of aromatic carboxylic acids is 1. The lowest BCUT2D eigenvalue weighted by molar-refractivity contribution is 0.0697. The van der Waals surface area contributed by atoms with Gasteiger partial charge >= 0.3 is 5.97 Å². The number of carboxylic acids is 1. The van der Waals surface area contributed by atoms with E-state index in [0.717, 1.165) is 23.2 Å². The van der Waals surface area contributed by atoms with Gasteiger partial charge in [-0.3, -0.25) is 4.72 Å². The van der Waals surface area contributed by atoms with Crippen LogP contribution in [0.15, 0.2) is 83.8 Å². The van der Waals surface area contributed by atoms with Crippen LogP contribution in [0, 0.1) is 5.92 Å². The topological polar surface area (TPSA) is 105 Å². The second-order valence-corrected chi connectivity index (χ2v) is 10.4. The van der Waals surface area contributed by atoms with Crippen molar-refractivity contribution in [2.24, 2.45) is 5.92 Å². The van der Waals surface area contributed by atoms with Crippen LogP contribution in [0.5, 0.6) is 5.75 Å². The lowest BCUT2D eigenvalue weighted by Gasteiger charge is -2.37. The molecule has 3 atom stereocenters. The van der Waals surface area contributed by atoms with Gasteiger partial charge < -0.3 is 15.2 Å². The number of carbonyl (C=O) groups is 1. The number of anilines is 2. The van der Waals surface area contributed by atoms with E-state index >= 15 is 0 Å². The van der Waals surface area contributed by atoms with Crippen LogP contribution in [0.2, 0.25) is 0 Å². The van der Waals surface area contributed by atoms with Crippen LogP contribution in [0.1, 0.15) is 46.8 Å². The van der Waals surface area contributed by atoms with E-state index in [1.807, 2.05) is 19.1 Å². The first-order valence-corrected chi connectivity index (χ1v) is 13.0. The maximum absolute atomic E-state index is 13.3. The minimum atomic E-state index is -3.83. The molecule has 3 aromatic rings. The molecule has 0 fully saturated rings. The van der Waals surface area contributed by atoms with E-state index in [1.165, 1.54) is 0 Å². The van der Waals surface area contributed by atoms with E-state index in [1.54, 1.807) is 54.6 Å². The summed E-state index contributed by atoms with van der Waals surface area (Å²) in [6.07, 6.45) is 5.11. The summed E-state index contributed by atoms with van der Waals surface area (Å²) in [5.74, 6) is -0.220. The number of nitrogens with one attached hydrogen (secondary N) is 2. The van der Waals surface area contributed by atoms with E-state index in [2.05, 4.69) is 22.2 Å². The minimum absolute atomic E-state index is 0.0102. The van der Waals surface area contributed by atoms with Gasteiger partial charge in [-0.1, -0.05) is 36.4 Å². The highest BCUT2D eigenvalue weighted by atomic mass is 32.2. The van der Waals surface area contributed by atoms with E-state index in [0.29, 0.717) is 18.0 Å². The van der Waals surface area contributed by atoms with Gasteiger partial charge in [0.25, 0.3) is 10.0 Å². The molecule has 0 bridgehead atoms. The Kier molecular flexibility index (Phi) is 5.98. The molecule has 0 saturated heterocycles. The summed E-state index contributed by atoms with van der Waals surface area (Å²) in [7, 11) is -3.83. The van der Waals surface area contributed by atoms with Crippen LogP contribution in [0.3, 0.4) is 0 Å². The highest BCUT2D eigenvalue weighted by Crippen LogP contribution is 2.50. The molecule has 1 aliphatic heterocycles. The number of sulfonamides is 1. The number of rotatable bonds is 7. The molecule has 0 spiro atoms. The predicted molar refractivity (Wildman–Crippen MR) is 135 cm³/mol. The Hall–Kier alpha value is -3.78. The minimum Gasteiger partial charge on any atom is -0.492 e. The molecule has 7 nitrogen and oxygen atoms in total. The molecule has 0 unspecified atom stereocenters. The largest absolute Gasteiger partial charge is 0.492 e. The number of carboxylic acid groups (broad SMARTS) is 1. The maximum atomic E-state index is 13.3. The monoisotopic (exact) mass is 490 g/mol. The Balaban J connectivity index is 1.46. The van der Waals surface area contributed by atoms with Crippen LogP contribution in [0.25, 0.3) is 0 Å². The van der Waals surface area contributed by atoms with Crippen LogP contribution in [-0.2, 0) is 10.0 Å². The Morgan fingerprint density at radius 1 is 1.11 bits per heavy atom. The average Bonchev–Trinajstić information content (AvgIpc) is 3.35. The molecule has 0 aromatic heterocycles. The van der Waals surface area contributed by atoms with Gasteiger partial charge in [-0.15, -0.1) is 0 Å². The molecule has 8 heteroatoms. The maximum Gasteiger partial charge on any atom is 0.335 e. The summed E-state index contributed by atoms with van der Waals surface area (Å²) in [5.41, 5.74) is 3.46. The molecule has 5 rings (SSSR count). The molecule has 2 aliphatic rings. The average molecular weight is 491 g/mol. The van der Waals surface area contributed by atoms with Crippen LogP contribution in [-0.4, -0.2) is 26.1 Å². The van der Waals surface area contributed by atoms with Crippen molar-refractivity contribution in [3.05, 3.63) is 95.6 Å². The summed E-state index contributed by atoms with van der Waals surface area (Å²) in [6, 6.07) is 19.0. The molecular formula is C27H26N2O5S. The fourth-order valence-electron chi connectivity index (χ4n) is 4.94. The van der Waals surface area contributed by atoms with Gasteiger partial charge in [-0.2, -0.15) is 0 Å². The highest BCUT2D eigenvalue weighted by Gasteiger charge is 2.38. The first-order valence-electron chi connectivity index (χ1n) is 11.5. The van der Waals surface area contributed by atoms with Gasteiger partial charge in [0.05, 0.1) is 28.8 Å². The standard InChI is InChI=1S/C27H26N2O5S/c1-2-34-25-9-4-3-8-24(25)29-35(32,33)19-14-15-23-22(16-19)20-6-5-7-21(20)26(28-23)17-10-12-18(13-11-17)27(30)31/h3-6,8-16,20-21,26,28-29H,2,7H2,1H3,(H,30,31)/t20-,21+,26+/m0/s1. The second-order valence-electron chi connectivity index (χ2n) is 8.69. The Bertz CT molecular complexity index is 1400. The van der Waals surface area contributed by atoms with Crippen molar-refractivity contribution in [1.29, 1.82) is 0 Å². The molecule has 3 N–H and O–H groups in total. The summed E-state index contributed by atoms with van der Waals surface area (Å²) in [6.45, 7) is 2.28. The quantitative estimate of drug-likeness (QED) is 0.383. The summed E-state index contributed by atoms with van der Waals surface area (Å²) >= 11 is 0. The number of ether oxygens (including phenoxy) is 1. The van der Waals surface area contributed by atoms with Crippen molar-refractivity contribution in [2.45, 2.75) is 30.2 Å². The number of allylic oxidation sites excluding steroid dienone is 2. The molecule has 0 saturated carbocycles. The van der Waals surface area contributed by atoms with Crippen LogP contribution >= 0.6 is 0 Å². The van der Waals surface area contributed by atoms with E-state index in [4.69, 9.17) is 4.74 Å². The van der Waals surface area contributed by atoms with Crippen molar-refractivity contribution in [3.63, 3.8) is 0 Å². The van der Waals surface area contributed by atoms with Gasteiger partial charge in [-0.05, 0) is 72.9 Å². The normalized spacial score (nSPS) is 20.4. The lowest BCUT2D eigenvalue weighted by atomic mass is 9.77. The Morgan fingerprint density at radius 3 is 2.63 bits per heavy atom. The number of para-hydroxylation sites is 2. The highest BCUT2D eigenvalue weighted by molar-refractivity contribution is 7.92. The molecular weight excluding hydrogens is 464 g/mol. The number of benzene rings is 3. The number of hydrogen-bond donors (Lipinski definition) is 3. The zero-order chi connectivity index (χ0) is 24.6. The predicted octanol–water partition coefficient (Wildman–Crippen LogP) is 5.41. The SMILES string of the molecule is CCOc1ccccc1NS(=O)(=O)c1ccc2c(c1)[C@H]1C=CC[C@H]1[C@@H](c1ccc(C(=O)O)cc1)N2. The first-order chi connectivity index (χ1) is 16.9. The third kappa shape index (κ3) is 4.37. The van der Waals surface area contributed by atoms with Crippen molar-refractivity contribution < 1.29 is 23.1 Å². The van der Waals surface area contributed by atoms with Crippen molar-refractivity contribution in [1.82, 2.24) is 0 Å². The van der Waals surface area contributed by atoms with Gasteiger partial charge in [0.15, 0.2) is 0 Å². The number of fused-ring (bicyclic) bond motifs is 3. The molecule has 35 heavy (non-hydrogen) atoms. The van der Waals surface area contributed by atoms with E-state index in [9.17, 15) is 18.3 Å². The van der Waals surface area contributed by atoms with Gasteiger partial charge in [-0.25, -0.2) is 13.2 Å². The molecule has 1 heterocycles. The van der Waals surface area contributed by atoms with Crippen molar-refractivity contribution >= 4 is 27.4 Å². The summed E-state index contributed by atoms with van der Waals surface area (Å²) in [4.78, 5) is 11.4. The fraction of sp³-hybridized carbons (Fsp3) is 0.222. The van der Waals surface area contributed by atoms with Crippen molar-refractivity contribution in [3.8, 4) is 5.75 Å². The number of hydrogen-bond acceptors (Lipinski definition) is 5. The fourth-order valence-corrected chi connectivity index (χ4v) is 6.04. The molecule has 0 radical (unpaired) electrons. The third-order valence-corrected chi connectivity index (χ3v) is 7.96. The van der Waals surface area contributed by atoms with Gasteiger partial charge in [0.1, 0.15) is 5.75 Å². The Labute approximate surface area is 204 Å². The van der Waals surface area contributed by atoms with Crippen molar-refractivity contribution in [2.75, 3.05) is 16.6 Å². The Morgan fingerprint density at radius 2 is 1.89 bits per heavy atom. The summed E-state index contributed by atoms with van der Waals surface area (Å²) in [5, 5.41) is 12.8. The second kappa shape index (κ2) is 9.11. The van der Waals surface area contributed by atoms with Gasteiger partial charge in [0.2, 0.25) is 0 Å².